The van der Waals surface area contributed by atoms with Crippen molar-refractivity contribution in [3.05, 3.63) is 46.0 Å². The lowest BCUT2D eigenvalue weighted by Crippen LogP contribution is -2.28. The summed E-state index contributed by atoms with van der Waals surface area (Å²) in [6.07, 6.45) is 1.58. The number of fused-ring (bicyclic) bond motifs is 1. The summed E-state index contributed by atoms with van der Waals surface area (Å²) >= 11 is 2.65. The van der Waals surface area contributed by atoms with E-state index in [0.29, 0.717) is 27.7 Å². The molecule has 1 amide bonds. The van der Waals surface area contributed by atoms with E-state index in [0.717, 1.165) is 0 Å². The van der Waals surface area contributed by atoms with E-state index < -0.39 is 0 Å². The third kappa shape index (κ3) is 3.39. The molecule has 6 nitrogen and oxygen atoms in total. The Hall–Kier alpha value is -2.06. The van der Waals surface area contributed by atoms with Gasteiger partial charge in [-0.1, -0.05) is 11.8 Å². The quantitative estimate of drug-likeness (QED) is 0.538. The highest BCUT2D eigenvalue weighted by atomic mass is 32.2. The summed E-state index contributed by atoms with van der Waals surface area (Å²) in [5.74, 6) is 0.760. The van der Waals surface area contributed by atoms with Crippen LogP contribution in [0, 0.1) is 0 Å². The molecular weight excluding hydrogens is 346 g/mol. The zero-order valence-electron chi connectivity index (χ0n) is 13.3. The lowest BCUT2D eigenvalue weighted by molar-refractivity contribution is -0.119. The highest BCUT2D eigenvalue weighted by Gasteiger charge is 2.15. The van der Waals surface area contributed by atoms with Crippen LogP contribution >= 0.6 is 23.1 Å². The van der Waals surface area contributed by atoms with Gasteiger partial charge in [0.25, 0.3) is 5.56 Å². The average Bonchev–Trinajstić information content (AvgIpc) is 3.24. The molecule has 8 heteroatoms. The Balaban J connectivity index is 1.71. The number of hydrogen-bond acceptors (Lipinski definition) is 6. The minimum Gasteiger partial charge on any atom is -0.467 e. The number of hydrogen-bond donors (Lipinski definition) is 1. The molecule has 0 spiro atoms. The smallest absolute Gasteiger partial charge is 0.272 e. The molecular formula is C16H17N3O3S2. The number of aromatic nitrogens is 2. The lowest BCUT2D eigenvalue weighted by Gasteiger charge is -2.12. The Morgan fingerprint density at radius 2 is 2.33 bits per heavy atom. The largest absolute Gasteiger partial charge is 0.467 e. The minimum atomic E-state index is -0.200. The van der Waals surface area contributed by atoms with Gasteiger partial charge in [-0.2, -0.15) is 0 Å². The van der Waals surface area contributed by atoms with E-state index in [9.17, 15) is 9.59 Å². The number of carbonyl (C=O) groups excluding carboxylic acids is 1. The third-order valence-electron chi connectivity index (χ3n) is 3.53. The Labute approximate surface area is 146 Å². The van der Waals surface area contributed by atoms with Crippen molar-refractivity contribution >= 4 is 39.2 Å². The fourth-order valence-electron chi connectivity index (χ4n) is 2.33. The lowest BCUT2D eigenvalue weighted by atomic mass is 10.2. The third-order valence-corrected chi connectivity index (χ3v) is 5.39. The zero-order chi connectivity index (χ0) is 17.1. The molecule has 3 rings (SSSR count). The van der Waals surface area contributed by atoms with Gasteiger partial charge in [0.05, 0.1) is 23.6 Å². The van der Waals surface area contributed by atoms with E-state index in [1.807, 2.05) is 31.4 Å². The molecule has 0 saturated heterocycles. The van der Waals surface area contributed by atoms with Crippen molar-refractivity contribution < 1.29 is 9.21 Å². The van der Waals surface area contributed by atoms with Crippen molar-refractivity contribution in [3.8, 4) is 0 Å². The number of nitrogens with zero attached hydrogens (tertiary/aromatic N) is 2. The topological polar surface area (TPSA) is 77.1 Å². The summed E-state index contributed by atoms with van der Waals surface area (Å²) in [6.45, 7) is 4.27. The average molecular weight is 363 g/mol. The maximum atomic E-state index is 12.4. The van der Waals surface area contributed by atoms with Gasteiger partial charge < -0.3 is 9.73 Å². The first-order valence-electron chi connectivity index (χ1n) is 7.53. The molecule has 0 bridgehead atoms. The molecule has 0 aliphatic carbocycles. The van der Waals surface area contributed by atoms with Gasteiger partial charge in [0.1, 0.15) is 10.5 Å². The number of rotatable bonds is 6. The molecule has 0 fully saturated rings. The fourth-order valence-corrected chi connectivity index (χ4v) is 3.99. The molecule has 1 unspecified atom stereocenters. The van der Waals surface area contributed by atoms with Crippen LogP contribution in [0.3, 0.4) is 0 Å². The Bertz CT molecular complexity index is 899. The number of thiophene rings is 1. The normalized spacial score (nSPS) is 12.4. The van der Waals surface area contributed by atoms with E-state index >= 15 is 0 Å². The van der Waals surface area contributed by atoms with E-state index in [2.05, 4.69) is 10.3 Å². The van der Waals surface area contributed by atoms with Gasteiger partial charge in [-0.05, 0) is 37.4 Å². The summed E-state index contributed by atoms with van der Waals surface area (Å²) in [6, 6.07) is 5.23. The van der Waals surface area contributed by atoms with Gasteiger partial charge in [-0.15, -0.1) is 11.3 Å². The molecule has 0 aliphatic heterocycles. The highest BCUT2D eigenvalue weighted by molar-refractivity contribution is 7.99. The number of amides is 1. The van der Waals surface area contributed by atoms with Gasteiger partial charge in [-0.25, -0.2) is 4.98 Å². The van der Waals surface area contributed by atoms with Crippen LogP contribution < -0.4 is 10.9 Å². The molecule has 0 saturated carbocycles. The van der Waals surface area contributed by atoms with Gasteiger partial charge in [0, 0.05) is 6.54 Å². The molecule has 1 N–H and O–H groups in total. The first-order valence-corrected chi connectivity index (χ1v) is 9.40. The minimum absolute atomic E-state index is 0.0515. The number of nitrogens with one attached hydrogen (secondary N) is 1. The van der Waals surface area contributed by atoms with Crippen LogP contribution in [0.2, 0.25) is 0 Å². The Morgan fingerprint density at radius 3 is 3.04 bits per heavy atom. The van der Waals surface area contributed by atoms with Crippen LogP contribution in [0.5, 0.6) is 0 Å². The van der Waals surface area contributed by atoms with E-state index in [1.165, 1.54) is 23.1 Å². The van der Waals surface area contributed by atoms with Gasteiger partial charge in [0.15, 0.2) is 5.16 Å². The Morgan fingerprint density at radius 1 is 1.50 bits per heavy atom. The summed E-state index contributed by atoms with van der Waals surface area (Å²) in [7, 11) is 0. The van der Waals surface area contributed by atoms with E-state index in [1.54, 1.807) is 16.9 Å². The summed E-state index contributed by atoms with van der Waals surface area (Å²) in [4.78, 5) is 29.1. The van der Waals surface area contributed by atoms with Crippen molar-refractivity contribution in [2.45, 2.75) is 31.6 Å². The molecule has 3 aromatic rings. The van der Waals surface area contributed by atoms with Crippen LogP contribution in [0.25, 0.3) is 10.2 Å². The molecule has 3 heterocycles. The van der Waals surface area contributed by atoms with Crippen molar-refractivity contribution in [3.63, 3.8) is 0 Å². The maximum Gasteiger partial charge on any atom is 0.272 e. The zero-order valence-corrected chi connectivity index (χ0v) is 14.9. The van der Waals surface area contributed by atoms with E-state index in [-0.39, 0.29) is 23.3 Å². The second-order valence-corrected chi connectivity index (χ2v) is 7.03. The number of carbonyl (C=O) groups is 1. The number of thioether (sulfide) groups is 1. The van der Waals surface area contributed by atoms with Crippen LogP contribution in [0.1, 0.15) is 25.6 Å². The summed E-state index contributed by atoms with van der Waals surface area (Å²) in [5.41, 5.74) is 0.630. The predicted octanol–water partition coefficient (Wildman–Crippen LogP) is 3.04. The SMILES string of the molecule is CCn1c(SCC(=O)NC(C)c2ccco2)nc2ccsc2c1=O. The molecule has 0 aliphatic rings. The van der Waals surface area contributed by atoms with Crippen molar-refractivity contribution in [2.75, 3.05) is 5.75 Å². The second-order valence-electron chi connectivity index (χ2n) is 5.17. The molecule has 126 valence electrons. The molecule has 3 aromatic heterocycles. The predicted molar refractivity (Wildman–Crippen MR) is 95.5 cm³/mol. The van der Waals surface area contributed by atoms with Crippen LogP contribution in [-0.4, -0.2) is 21.2 Å². The van der Waals surface area contributed by atoms with E-state index in [4.69, 9.17) is 4.42 Å². The van der Waals surface area contributed by atoms with Crippen LogP contribution in [0.4, 0.5) is 0 Å². The van der Waals surface area contributed by atoms with Crippen LogP contribution in [0.15, 0.2) is 44.2 Å². The van der Waals surface area contributed by atoms with Crippen LogP contribution in [-0.2, 0) is 11.3 Å². The maximum absolute atomic E-state index is 12.4. The molecule has 0 aromatic carbocycles. The Kier molecular flexibility index (Phi) is 5.06. The van der Waals surface area contributed by atoms with Crippen molar-refractivity contribution in [1.82, 2.24) is 14.9 Å². The van der Waals surface area contributed by atoms with Crippen molar-refractivity contribution in [2.24, 2.45) is 0 Å². The monoisotopic (exact) mass is 363 g/mol. The standard InChI is InChI=1S/C16H17N3O3S2/c1-3-19-15(21)14-11(6-8-23-14)18-16(19)24-9-13(20)17-10(2)12-5-4-7-22-12/h4-8,10H,3,9H2,1-2H3,(H,17,20). The van der Waals surface area contributed by atoms with Gasteiger partial charge in [-0.3, -0.25) is 14.2 Å². The molecule has 0 radical (unpaired) electrons. The second kappa shape index (κ2) is 7.23. The first kappa shape index (κ1) is 16.8. The summed E-state index contributed by atoms with van der Waals surface area (Å²) < 4.78 is 7.53. The molecule has 1 atom stereocenters. The first-order chi connectivity index (χ1) is 11.6. The number of furan rings is 1. The van der Waals surface area contributed by atoms with Gasteiger partial charge in [0.2, 0.25) is 5.91 Å². The van der Waals surface area contributed by atoms with Crippen molar-refractivity contribution in [1.29, 1.82) is 0 Å². The fraction of sp³-hybridized carbons (Fsp3) is 0.312. The van der Waals surface area contributed by atoms with Gasteiger partial charge >= 0.3 is 0 Å². The molecule has 24 heavy (non-hydrogen) atoms. The summed E-state index contributed by atoms with van der Waals surface area (Å²) in [5, 5.41) is 5.29. The highest BCUT2D eigenvalue weighted by Crippen LogP contribution is 2.21.